The lowest BCUT2D eigenvalue weighted by molar-refractivity contribution is 0.583. The van der Waals surface area contributed by atoms with Gasteiger partial charge in [-0.05, 0) is 53.7 Å². The predicted octanol–water partition coefficient (Wildman–Crippen LogP) is 5.68. The van der Waals surface area contributed by atoms with Gasteiger partial charge in [0.25, 0.3) is 4.84 Å². The fourth-order valence-electron chi connectivity index (χ4n) is 2.59. The van der Waals surface area contributed by atoms with Crippen LogP contribution in [0.1, 0.15) is 13.8 Å². The van der Waals surface area contributed by atoms with Crippen molar-refractivity contribution in [2.45, 2.75) is 13.8 Å². The molecule has 2 aromatic carbocycles. The molecule has 2 aromatic heterocycles. The minimum Gasteiger partial charge on any atom is -0.429 e. The van der Waals surface area contributed by atoms with E-state index in [0.29, 0.717) is 4.84 Å². The lowest BCUT2D eigenvalue weighted by Gasteiger charge is -2.03. The van der Waals surface area contributed by atoms with Crippen LogP contribution in [0.3, 0.4) is 0 Å². The second kappa shape index (κ2) is 5.81. The number of hydrogen-bond donors (Lipinski definition) is 1. The van der Waals surface area contributed by atoms with Gasteiger partial charge < -0.3 is 14.0 Å². The molecule has 4 heteroatoms. The average Bonchev–Trinajstić information content (AvgIpc) is 3.10. The van der Waals surface area contributed by atoms with Gasteiger partial charge in [-0.25, -0.2) is 0 Å². The number of nitrogens with one attached hydrogen (secondary N) is 1. The number of H-pyrrole nitrogens is 1. The van der Waals surface area contributed by atoms with Crippen LogP contribution in [0, 0.1) is 4.84 Å². The summed E-state index contributed by atoms with van der Waals surface area (Å²) >= 11 is 5.01. The van der Waals surface area contributed by atoms with Crippen LogP contribution in [-0.4, -0.2) is 9.55 Å². The highest BCUT2D eigenvalue weighted by molar-refractivity contribution is 7.71. The van der Waals surface area contributed by atoms with E-state index in [9.17, 15) is 0 Å². The van der Waals surface area contributed by atoms with Crippen LogP contribution < -0.4 is 0 Å². The van der Waals surface area contributed by atoms with E-state index in [1.54, 1.807) is 0 Å². The van der Waals surface area contributed by atoms with Crippen LogP contribution in [0.4, 0.5) is 0 Å². The zero-order valence-electron chi connectivity index (χ0n) is 12.9. The van der Waals surface area contributed by atoms with E-state index in [2.05, 4.69) is 59.2 Å². The summed E-state index contributed by atoms with van der Waals surface area (Å²) in [5.74, 6) is 0. The van der Waals surface area contributed by atoms with E-state index < -0.39 is 0 Å². The summed E-state index contributed by atoms with van der Waals surface area (Å²) < 4.78 is 7.51. The lowest BCUT2D eigenvalue weighted by Crippen LogP contribution is -1.84. The number of nitrogens with zero attached hydrogens (tertiary/aromatic N) is 1. The second-order valence-electron chi connectivity index (χ2n) is 4.93. The molecule has 3 nitrogen and oxygen atoms in total. The summed E-state index contributed by atoms with van der Waals surface area (Å²) in [6.45, 7) is 4.00. The molecule has 0 aliphatic carbocycles. The van der Waals surface area contributed by atoms with Gasteiger partial charge >= 0.3 is 0 Å². The number of hydrogen-bond acceptors (Lipinski definition) is 2. The molecule has 4 rings (SSSR count). The van der Waals surface area contributed by atoms with E-state index in [1.165, 1.54) is 16.5 Å². The Kier molecular flexibility index (Phi) is 3.86. The van der Waals surface area contributed by atoms with Gasteiger partial charge in [-0.3, -0.25) is 0 Å². The minimum atomic E-state index is 0.413. The summed E-state index contributed by atoms with van der Waals surface area (Å²) in [5, 5.41) is 1.24. The number of aromatic nitrogens is 2. The quantitative estimate of drug-likeness (QED) is 0.459. The van der Waals surface area contributed by atoms with Crippen molar-refractivity contribution in [3.8, 4) is 11.1 Å². The number of rotatable bonds is 1. The zero-order chi connectivity index (χ0) is 15.7. The van der Waals surface area contributed by atoms with Gasteiger partial charge in [-0.1, -0.05) is 26.0 Å². The first-order valence-corrected chi connectivity index (χ1v) is 7.80. The van der Waals surface area contributed by atoms with Crippen molar-refractivity contribution in [3.05, 3.63) is 53.5 Å². The van der Waals surface area contributed by atoms with Gasteiger partial charge in [-0.15, -0.1) is 0 Å². The maximum Gasteiger partial charge on any atom is 0.266 e. The molecule has 0 amide bonds. The Morgan fingerprint density at radius 2 is 1.73 bits per heavy atom. The van der Waals surface area contributed by atoms with Gasteiger partial charge in [0, 0.05) is 24.1 Å². The van der Waals surface area contributed by atoms with Crippen LogP contribution in [0.2, 0.25) is 0 Å². The molecule has 22 heavy (non-hydrogen) atoms. The highest BCUT2D eigenvalue weighted by Gasteiger charge is 2.05. The van der Waals surface area contributed by atoms with Crippen LogP contribution in [0.5, 0.6) is 0 Å². The molecule has 0 aliphatic heterocycles. The molecule has 0 aliphatic rings. The molecule has 4 aromatic rings. The van der Waals surface area contributed by atoms with E-state index in [-0.39, 0.29) is 0 Å². The molecule has 0 atom stereocenters. The first-order chi connectivity index (χ1) is 10.7. The summed E-state index contributed by atoms with van der Waals surface area (Å²) in [4.78, 5) is 3.47. The Bertz CT molecular complexity index is 991. The van der Waals surface area contributed by atoms with Crippen LogP contribution in [-0.2, 0) is 7.05 Å². The van der Waals surface area contributed by atoms with Crippen molar-refractivity contribution in [1.29, 1.82) is 0 Å². The molecular weight excluding hydrogens is 292 g/mol. The van der Waals surface area contributed by atoms with E-state index in [1.807, 2.05) is 19.9 Å². The summed E-state index contributed by atoms with van der Waals surface area (Å²) in [5.41, 5.74) is 5.29. The van der Waals surface area contributed by atoms with Crippen molar-refractivity contribution >= 4 is 34.2 Å². The molecule has 2 heterocycles. The first kappa shape index (κ1) is 14.6. The van der Waals surface area contributed by atoms with Crippen molar-refractivity contribution in [3.63, 3.8) is 0 Å². The third-order valence-electron chi connectivity index (χ3n) is 3.64. The molecular formula is C18H18N2OS. The minimum absolute atomic E-state index is 0.413. The van der Waals surface area contributed by atoms with Crippen LogP contribution in [0.15, 0.2) is 53.1 Å². The molecule has 0 saturated carbocycles. The Morgan fingerprint density at radius 1 is 1.00 bits per heavy atom. The van der Waals surface area contributed by atoms with Crippen molar-refractivity contribution in [2.24, 2.45) is 7.05 Å². The Morgan fingerprint density at radius 3 is 2.55 bits per heavy atom. The van der Waals surface area contributed by atoms with Gasteiger partial charge in [0.05, 0.1) is 5.52 Å². The molecule has 112 valence electrons. The Hall–Kier alpha value is -2.33. The van der Waals surface area contributed by atoms with Crippen molar-refractivity contribution in [2.75, 3.05) is 0 Å². The normalized spacial score (nSPS) is 10.7. The van der Waals surface area contributed by atoms with E-state index in [4.69, 9.17) is 16.6 Å². The number of oxazole rings is 1. The fraction of sp³-hybridized carbons (Fsp3) is 0.167. The maximum atomic E-state index is 5.39. The molecule has 0 fully saturated rings. The number of aryl methyl sites for hydroxylation is 1. The second-order valence-corrected chi connectivity index (χ2v) is 5.30. The number of benzene rings is 2. The van der Waals surface area contributed by atoms with Crippen LogP contribution >= 0.6 is 12.2 Å². The highest BCUT2D eigenvalue weighted by Crippen LogP contribution is 2.27. The summed E-state index contributed by atoms with van der Waals surface area (Å²) in [6.07, 6.45) is 2.07. The van der Waals surface area contributed by atoms with E-state index in [0.717, 1.165) is 16.7 Å². The molecule has 1 N–H and O–H groups in total. The number of aromatic amines is 1. The third-order valence-corrected chi connectivity index (χ3v) is 3.82. The smallest absolute Gasteiger partial charge is 0.266 e. The van der Waals surface area contributed by atoms with Crippen molar-refractivity contribution in [1.82, 2.24) is 9.55 Å². The van der Waals surface area contributed by atoms with Gasteiger partial charge in [0.2, 0.25) is 0 Å². The van der Waals surface area contributed by atoms with Gasteiger partial charge in [-0.2, -0.15) is 0 Å². The molecule has 0 radical (unpaired) electrons. The maximum absolute atomic E-state index is 5.39. The standard InChI is InChI=1S/C16H12N2OS.C2H6/c1-18-7-6-12-8-10(2-4-14(12)18)11-3-5-15-13(9-11)17-16(20)19-15;1-2/h2-9H,1H3,(H,17,20);1-2H3. The zero-order valence-corrected chi connectivity index (χ0v) is 13.7. The fourth-order valence-corrected chi connectivity index (χ4v) is 2.79. The lowest BCUT2D eigenvalue weighted by atomic mass is 10.0. The number of fused-ring (bicyclic) bond motifs is 2. The summed E-state index contributed by atoms with van der Waals surface area (Å²) in [7, 11) is 2.06. The SMILES string of the molecule is CC.Cn1ccc2cc(-c3ccc4oc(=S)[nH]c4c3)ccc21. The predicted molar refractivity (Wildman–Crippen MR) is 94.7 cm³/mol. The molecule has 0 bridgehead atoms. The monoisotopic (exact) mass is 310 g/mol. The van der Waals surface area contributed by atoms with Gasteiger partial charge in [0.1, 0.15) is 0 Å². The molecule has 0 unspecified atom stereocenters. The molecule has 0 saturated heterocycles. The Labute approximate surface area is 134 Å². The van der Waals surface area contributed by atoms with Gasteiger partial charge in [0.15, 0.2) is 5.58 Å². The largest absolute Gasteiger partial charge is 0.429 e. The van der Waals surface area contributed by atoms with Crippen molar-refractivity contribution < 1.29 is 4.42 Å². The average molecular weight is 310 g/mol. The first-order valence-electron chi connectivity index (χ1n) is 7.39. The summed E-state index contributed by atoms with van der Waals surface area (Å²) in [6, 6.07) is 14.7. The Balaban J connectivity index is 0.000000693. The highest BCUT2D eigenvalue weighted by atomic mass is 32.1. The van der Waals surface area contributed by atoms with Crippen LogP contribution in [0.25, 0.3) is 33.1 Å². The van der Waals surface area contributed by atoms with E-state index >= 15 is 0 Å². The topological polar surface area (TPSA) is 33.9 Å². The third kappa shape index (κ3) is 2.46. The molecule has 0 spiro atoms.